The predicted octanol–water partition coefficient (Wildman–Crippen LogP) is 3.61. The molecule has 0 amide bonds. The molecule has 0 unspecified atom stereocenters. The minimum Gasteiger partial charge on any atom is -0.496 e. The Morgan fingerprint density at radius 1 is 1.22 bits per heavy atom. The minimum atomic E-state index is 0.652. The molecule has 0 bridgehead atoms. The average molecular weight is 247 g/mol. The minimum absolute atomic E-state index is 0.652. The number of hydrogen-bond acceptors (Lipinski definition) is 2. The number of para-hydroxylation sites is 1. The molecule has 1 saturated carbocycles. The van der Waals surface area contributed by atoms with Crippen molar-refractivity contribution in [2.75, 3.05) is 7.11 Å². The largest absolute Gasteiger partial charge is 0.496 e. The van der Waals surface area contributed by atoms with Crippen LogP contribution in [-0.4, -0.2) is 13.2 Å². The molecule has 0 heterocycles. The lowest BCUT2D eigenvalue weighted by atomic mass is 9.78. The molecule has 1 aromatic rings. The van der Waals surface area contributed by atoms with Crippen LogP contribution in [0.1, 0.15) is 38.7 Å². The van der Waals surface area contributed by atoms with Gasteiger partial charge in [-0.2, -0.15) is 0 Å². The van der Waals surface area contributed by atoms with E-state index in [-0.39, 0.29) is 0 Å². The molecule has 0 saturated heterocycles. The van der Waals surface area contributed by atoms with Gasteiger partial charge in [0.2, 0.25) is 0 Å². The van der Waals surface area contributed by atoms with Crippen LogP contribution in [0.2, 0.25) is 0 Å². The number of rotatable bonds is 4. The highest BCUT2D eigenvalue weighted by Crippen LogP contribution is 2.30. The molecule has 1 aliphatic carbocycles. The van der Waals surface area contributed by atoms with Gasteiger partial charge in [-0.15, -0.1) is 0 Å². The highest BCUT2D eigenvalue weighted by atomic mass is 16.5. The number of ether oxygens (including phenoxy) is 1. The molecule has 1 fully saturated rings. The van der Waals surface area contributed by atoms with Crippen molar-refractivity contribution in [3.63, 3.8) is 0 Å². The van der Waals surface area contributed by atoms with Crippen molar-refractivity contribution in [2.45, 2.75) is 45.7 Å². The molecule has 0 spiro atoms. The van der Waals surface area contributed by atoms with Gasteiger partial charge in [-0.25, -0.2) is 0 Å². The van der Waals surface area contributed by atoms with E-state index in [0.29, 0.717) is 6.04 Å². The van der Waals surface area contributed by atoms with Crippen LogP contribution in [0, 0.1) is 11.8 Å². The molecule has 18 heavy (non-hydrogen) atoms. The molecule has 1 aliphatic rings. The SMILES string of the molecule is COc1ccccc1CN[C@H]1CCC[C@H](C)[C@@H]1C. The van der Waals surface area contributed by atoms with Crippen LogP contribution >= 0.6 is 0 Å². The first-order valence-corrected chi connectivity index (χ1v) is 7.07. The van der Waals surface area contributed by atoms with Gasteiger partial charge in [-0.05, 0) is 24.3 Å². The van der Waals surface area contributed by atoms with E-state index in [2.05, 4.69) is 31.3 Å². The summed E-state index contributed by atoms with van der Waals surface area (Å²) in [6.45, 7) is 5.66. The summed E-state index contributed by atoms with van der Waals surface area (Å²) in [6, 6.07) is 8.92. The van der Waals surface area contributed by atoms with Gasteiger partial charge in [0.15, 0.2) is 0 Å². The van der Waals surface area contributed by atoms with Crippen molar-refractivity contribution in [3.8, 4) is 5.75 Å². The first-order valence-electron chi connectivity index (χ1n) is 7.07. The second-order valence-electron chi connectivity index (χ2n) is 5.57. The van der Waals surface area contributed by atoms with E-state index >= 15 is 0 Å². The zero-order chi connectivity index (χ0) is 13.0. The normalized spacial score (nSPS) is 28.1. The Labute approximate surface area is 111 Å². The molecule has 2 nitrogen and oxygen atoms in total. The topological polar surface area (TPSA) is 21.3 Å². The van der Waals surface area contributed by atoms with Crippen LogP contribution in [-0.2, 0) is 6.54 Å². The third kappa shape index (κ3) is 3.05. The van der Waals surface area contributed by atoms with E-state index in [1.54, 1.807) is 7.11 Å². The maximum atomic E-state index is 5.39. The van der Waals surface area contributed by atoms with Crippen LogP contribution in [0.25, 0.3) is 0 Å². The van der Waals surface area contributed by atoms with E-state index < -0.39 is 0 Å². The van der Waals surface area contributed by atoms with Crippen molar-refractivity contribution in [3.05, 3.63) is 29.8 Å². The molecule has 2 heteroatoms. The van der Waals surface area contributed by atoms with E-state index in [4.69, 9.17) is 4.74 Å². The summed E-state index contributed by atoms with van der Waals surface area (Å²) in [7, 11) is 1.74. The summed E-state index contributed by atoms with van der Waals surface area (Å²) >= 11 is 0. The van der Waals surface area contributed by atoms with Crippen LogP contribution in [0.5, 0.6) is 5.75 Å². The zero-order valence-corrected chi connectivity index (χ0v) is 11.8. The number of nitrogens with one attached hydrogen (secondary N) is 1. The summed E-state index contributed by atoms with van der Waals surface area (Å²) in [4.78, 5) is 0. The Balaban J connectivity index is 1.94. The summed E-state index contributed by atoms with van der Waals surface area (Å²) in [6.07, 6.45) is 4.05. The average Bonchev–Trinajstić information content (AvgIpc) is 2.41. The fourth-order valence-corrected chi connectivity index (χ4v) is 2.96. The summed E-state index contributed by atoms with van der Waals surface area (Å²) in [5.41, 5.74) is 1.26. The quantitative estimate of drug-likeness (QED) is 0.877. The third-order valence-corrected chi connectivity index (χ3v) is 4.45. The van der Waals surface area contributed by atoms with E-state index in [1.165, 1.54) is 24.8 Å². The number of benzene rings is 1. The van der Waals surface area contributed by atoms with Crippen molar-refractivity contribution >= 4 is 0 Å². The maximum absolute atomic E-state index is 5.39. The Bertz CT molecular complexity index is 377. The lowest BCUT2D eigenvalue weighted by Gasteiger charge is -2.35. The van der Waals surface area contributed by atoms with E-state index in [9.17, 15) is 0 Å². The Morgan fingerprint density at radius 2 is 2.00 bits per heavy atom. The Morgan fingerprint density at radius 3 is 2.78 bits per heavy atom. The lowest BCUT2D eigenvalue weighted by molar-refractivity contribution is 0.205. The maximum Gasteiger partial charge on any atom is 0.123 e. The van der Waals surface area contributed by atoms with Gasteiger partial charge in [-0.1, -0.05) is 44.9 Å². The fourth-order valence-electron chi connectivity index (χ4n) is 2.96. The molecule has 2 rings (SSSR count). The van der Waals surface area contributed by atoms with Crippen LogP contribution in [0.3, 0.4) is 0 Å². The fraction of sp³-hybridized carbons (Fsp3) is 0.625. The summed E-state index contributed by atoms with van der Waals surface area (Å²) in [5, 5.41) is 3.71. The highest BCUT2D eigenvalue weighted by Gasteiger charge is 2.26. The van der Waals surface area contributed by atoms with Gasteiger partial charge in [0, 0.05) is 18.2 Å². The predicted molar refractivity (Wildman–Crippen MR) is 75.8 cm³/mol. The van der Waals surface area contributed by atoms with Gasteiger partial charge >= 0.3 is 0 Å². The van der Waals surface area contributed by atoms with Gasteiger partial charge < -0.3 is 10.1 Å². The van der Waals surface area contributed by atoms with Crippen molar-refractivity contribution in [1.29, 1.82) is 0 Å². The van der Waals surface area contributed by atoms with Crippen molar-refractivity contribution in [1.82, 2.24) is 5.32 Å². The molecule has 1 aromatic carbocycles. The number of methoxy groups -OCH3 is 1. The smallest absolute Gasteiger partial charge is 0.123 e. The Hall–Kier alpha value is -1.02. The molecule has 3 atom stereocenters. The van der Waals surface area contributed by atoms with Gasteiger partial charge in [0.05, 0.1) is 7.11 Å². The highest BCUT2D eigenvalue weighted by molar-refractivity contribution is 5.33. The summed E-state index contributed by atoms with van der Waals surface area (Å²) in [5.74, 6) is 2.60. The molecule has 100 valence electrons. The van der Waals surface area contributed by atoms with Crippen LogP contribution < -0.4 is 10.1 Å². The molecule has 0 radical (unpaired) electrons. The first kappa shape index (κ1) is 13.4. The second-order valence-corrected chi connectivity index (χ2v) is 5.57. The van der Waals surface area contributed by atoms with Crippen LogP contribution in [0.15, 0.2) is 24.3 Å². The summed E-state index contributed by atoms with van der Waals surface area (Å²) < 4.78 is 5.39. The van der Waals surface area contributed by atoms with Crippen LogP contribution in [0.4, 0.5) is 0 Å². The molecular weight excluding hydrogens is 222 g/mol. The molecule has 0 aromatic heterocycles. The van der Waals surface area contributed by atoms with Crippen molar-refractivity contribution in [2.24, 2.45) is 11.8 Å². The third-order valence-electron chi connectivity index (χ3n) is 4.45. The van der Waals surface area contributed by atoms with Gasteiger partial charge in [0.1, 0.15) is 5.75 Å². The van der Waals surface area contributed by atoms with E-state index in [0.717, 1.165) is 24.1 Å². The Kier molecular flexibility index (Phi) is 4.65. The molecule has 1 N–H and O–H groups in total. The van der Waals surface area contributed by atoms with Gasteiger partial charge in [-0.3, -0.25) is 0 Å². The first-order chi connectivity index (χ1) is 8.72. The molecular formula is C16H25NO. The lowest BCUT2D eigenvalue weighted by Crippen LogP contribution is -2.40. The van der Waals surface area contributed by atoms with E-state index in [1.807, 2.05) is 12.1 Å². The number of hydrogen-bond donors (Lipinski definition) is 1. The monoisotopic (exact) mass is 247 g/mol. The van der Waals surface area contributed by atoms with Crippen molar-refractivity contribution < 1.29 is 4.74 Å². The second kappa shape index (κ2) is 6.24. The standard InChI is InChI=1S/C16H25NO/c1-12-7-6-9-15(13(12)2)17-11-14-8-4-5-10-16(14)18-3/h4-5,8,10,12-13,15,17H,6-7,9,11H2,1-3H3/t12-,13-,15-/m0/s1. The van der Waals surface area contributed by atoms with Gasteiger partial charge in [0.25, 0.3) is 0 Å². The zero-order valence-electron chi connectivity index (χ0n) is 11.8. The molecule has 0 aliphatic heterocycles.